The van der Waals surface area contributed by atoms with Gasteiger partial charge in [-0.15, -0.1) is 0 Å². The molecular weight excluding hydrogens is 498 g/mol. The van der Waals surface area contributed by atoms with Crippen molar-refractivity contribution in [3.05, 3.63) is 91.4 Å². The number of amides is 1. The minimum Gasteiger partial charge on any atom is -0.472 e. The molecule has 0 saturated heterocycles. The van der Waals surface area contributed by atoms with E-state index in [1.54, 1.807) is 31.2 Å². The molecule has 0 spiro atoms. The highest BCUT2D eigenvalue weighted by Gasteiger charge is 2.16. The smallest absolute Gasteiger partial charge is 0.272 e. The van der Waals surface area contributed by atoms with Crippen LogP contribution in [-0.2, 0) is 13.2 Å². The van der Waals surface area contributed by atoms with Crippen molar-refractivity contribution in [2.75, 3.05) is 13.1 Å². The lowest BCUT2D eigenvalue weighted by atomic mass is 10.1. The van der Waals surface area contributed by atoms with Crippen LogP contribution < -0.4 is 21.3 Å². The van der Waals surface area contributed by atoms with Crippen LogP contribution in [0.4, 0.5) is 8.78 Å². The summed E-state index contributed by atoms with van der Waals surface area (Å²) in [7, 11) is 0. The number of nitrogens with zero attached hydrogens (tertiary/aromatic N) is 2. The summed E-state index contributed by atoms with van der Waals surface area (Å²) in [4.78, 5) is 29.5. The molecule has 0 aliphatic carbocycles. The van der Waals surface area contributed by atoms with Crippen molar-refractivity contribution in [2.45, 2.75) is 26.5 Å². The molecule has 0 atom stereocenters. The molecule has 0 fully saturated rings. The maximum Gasteiger partial charge on any atom is 0.272 e. The Bertz CT molecular complexity index is 1220. The van der Waals surface area contributed by atoms with E-state index in [4.69, 9.17) is 10.5 Å². The first-order valence-electron chi connectivity index (χ1n) is 10.2. The number of aromatic nitrogens is 2. The number of carbonyl (C=O) groups is 1. The van der Waals surface area contributed by atoms with Crippen molar-refractivity contribution in [2.24, 2.45) is 5.73 Å². The van der Waals surface area contributed by atoms with Crippen LogP contribution in [0.3, 0.4) is 0 Å². The third-order valence-corrected chi connectivity index (χ3v) is 5.53. The Labute approximate surface area is 197 Å². The minimum atomic E-state index is -0.747. The molecule has 1 aromatic heterocycles. The van der Waals surface area contributed by atoms with E-state index >= 15 is 0 Å². The highest BCUT2D eigenvalue weighted by molar-refractivity contribution is 9.10. The van der Waals surface area contributed by atoms with Crippen molar-refractivity contribution in [1.82, 2.24) is 14.9 Å². The fraction of sp³-hybridized carbons (Fsp3) is 0.261. The Morgan fingerprint density at radius 1 is 1.24 bits per heavy atom. The van der Waals surface area contributed by atoms with Gasteiger partial charge < -0.3 is 15.8 Å². The molecule has 0 aliphatic rings. The minimum absolute atomic E-state index is 0.00510. The van der Waals surface area contributed by atoms with Gasteiger partial charge in [0.15, 0.2) is 0 Å². The van der Waals surface area contributed by atoms with Crippen LogP contribution >= 0.6 is 15.9 Å². The molecule has 0 unspecified atom stereocenters. The van der Waals surface area contributed by atoms with E-state index < -0.39 is 17.2 Å². The molecule has 1 heterocycles. The van der Waals surface area contributed by atoms with Gasteiger partial charge in [0.25, 0.3) is 11.5 Å². The van der Waals surface area contributed by atoms with Crippen molar-refractivity contribution < 1.29 is 18.3 Å². The molecule has 3 aromatic rings. The third-order valence-electron chi connectivity index (χ3n) is 4.85. The predicted octanol–water partition coefficient (Wildman–Crippen LogP) is 3.30. The second kappa shape index (κ2) is 11.2. The van der Waals surface area contributed by atoms with Gasteiger partial charge in [-0.05, 0) is 65.6 Å². The van der Waals surface area contributed by atoms with Crippen LogP contribution in [0.2, 0.25) is 0 Å². The van der Waals surface area contributed by atoms with Crippen molar-refractivity contribution in [3.8, 4) is 5.88 Å². The summed E-state index contributed by atoms with van der Waals surface area (Å²) in [5, 5.41) is 2.79. The Hall–Kier alpha value is -3.11. The standard InChI is InChI=1S/C23H23BrF2N4O3/c1-14-29-22(33-13-17-6-7-18(25)11-19(17)26)20(24)23(32)30(14)12-15-4-2-5-16(10-15)21(31)28-9-3-8-27/h2,4-7,10-11H,3,8-9,12-13,27H2,1H3,(H,28,31). The SMILES string of the molecule is Cc1nc(OCc2ccc(F)cc2F)c(Br)c(=O)n1Cc1cccc(C(=O)NCCCN)c1. The number of halogens is 3. The van der Waals surface area contributed by atoms with Gasteiger partial charge in [0, 0.05) is 23.7 Å². The van der Waals surface area contributed by atoms with Crippen molar-refractivity contribution in [1.29, 1.82) is 0 Å². The monoisotopic (exact) mass is 520 g/mol. The van der Waals surface area contributed by atoms with Gasteiger partial charge in [-0.2, -0.15) is 4.98 Å². The molecule has 10 heteroatoms. The third kappa shape index (κ3) is 6.23. The fourth-order valence-electron chi connectivity index (χ4n) is 3.08. The number of ether oxygens (including phenoxy) is 1. The lowest BCUT2D eigenvalue weighted by Gasteiger charge is -2.14. The van der Waals surface area contributed by atoms with Crippen LogP contribution in [0.1, 0.15) is 33.7 Å². The molecular formula is C23H23BrF2N4O3. The van der Waals surface area contributed by atoms with Gasteiger partial charge in [0.2, 0.25) is 5.88 Å². The number of aryl methyl sites for hydroxylation is 1. The zero-order valence-corrected chi connectivity index (χ0v) is 19.5. The van der Waals surface area contributed by atoms with Crippen LogP contribution in [-0.4, -0.2) is 28.5 Å². The second-order valence-corrected chi connectivity index (χ2v) is 8.09. The normalized spacial score (nSPS) is 10.8. The molecule has 1 amide bonds. The van der Waals surface area contributed by atoms with E-state index in [-0.39, 0.29) is 35.0 Å². The highest BCUT2D eigenvalue weighted by atomic mass is 79.9. The van der Waals surface area contributed by atoms with Gasteiger partial charge in [-0.25, -0.2) is 8.78 Å². The van der Waals surface area contributed by atoms with E-state index in [1.165, 1.54) is 10.6 Å². The number of hydrogen-bond acceptors (Lipinski definition) is 5. The lowest BCUT2D eigenvalue weighted by molar-refractivity contribution is 0.0953. The Morgan fingerprint density at radius 3 is 2.76 bits per heavy atom. The van der Waals surface area contributed by atoms with E-state index in [2.05, 4.69) is 26.2 Å². The molecule has 3 rings (SSSR count). The largest absolute Gasteiger partial charge is 0.472 e. The Morgan fingerprint density at radius 2 is 2.03 bits per heavy atom. The molecule has 7 nitrogen and oxygen atoms in total. The van der Waals surface area contributed by atoms with Crippen molar-refractivity contribution in [3.63, 3.8) is 0 Å². The molecule has 0 bridgehead atoms. The first-order valence-corrected chi connectivity index (χ1v) is 11.0. The quantitative estimate of drug-likeness (QED) is 0.421. The summed E-state index contributed by atoms with van der Waals surface area (Å²) in [6, 6.07) is 10.1. The van der Waals surface area contributed by atoms with E-state index in [0.29, 0.717) is 30.9 Å². The average Bonchev–Trinajstić information content (AvgIpc) is 2.79. The zero-order chi connectivity index (χ0) is 24.0. The van der Waals surface area contributed by atoms with Crippen LogP contribution in [0, 0.1) is 18.6 Å². The van der Waals surface area contributed by atoms with Gasteiger partial charge in [0.1, 0.15) is 28.5 Å². The van der Waals surface area contributed by atoms with Crippen LogP contribution in [0.15, 0.2) is 51.7 Å². The molecule has 174 valence electrons. The number of rotatable bonds is 9. The predicted molar refractivity (Wildman–Crippen MR) is 123 cm³/mol. The van der Waals surface area contributed by atoms with E-state index in [0.717, 1.165) is 17.7 Å². The van der Waals surface area contributed by atoms with Gasteiger partial charge >= 0.3 is 0 Å². The number of hydrogen-bond donors (Lipinski definition) is 2. The lowest BCUT2D eigenvalue weighted by Crippen LogP contribution is -2.27. The van der Waals surface area contributed by atoms with Gasteiger partial charge in [0.05, 0.1) is 6.54 Å². The van der Waals surface area contributed by atoms with Crippen molar-refractivity contribution >= 4 is 21.8 Å². The molecule has 2 aromatic carbocycles. The first-order chi connectivity index (χ1) is 15.8. The van der Waals surface area contributed by atoms with E-state index in [9.17, 15) is 18.4 Å². The fourth-order valence-corrected chi connectivity index (χ4v) is 3.50. The summed E-state index contributed by atoms with van der Waals surface area (Å²) in [6.07, 6.45) is 0.682. The number of nitrogens with two attached hydrogens (primary N) is 1. The van der Waals surface area contributed by atoms with Crippen LogP contribution in [0.25, 0.3) is 0 Å². The summed E-state index contributed by atoms with van der Waals surface area (Å²) in [5.74, 6) is -1.28. The van der Waals surface area contributed by atoms with Gasteiger partial charge in [-0.3, -0.25) is 14.2 Å². The molecule has 0 radical (unpaired) electrons. The second-order valence-electron chi connectivity index (χ2n) is 7.29. The number of carbonyl (C=O) groups excluding carboxylic acids is 1. The summed E-state index contributed by atoms with van der Waals surface area (Å²) in [5.41, 5.74) is 6.40. The zero-order valence-electron chi connectivity index (χ0n) is 17.9. The number of benzene rings is 2. The maximum atomic E-state index is 13.8. The summed E-state index contributed by atoms with van der Waals surface area (Å²) < 4.78 is 33.9. The number of nitrogens with one attached hydrogen (secondary N) is 1. The van der Waals surface area contributed by atoms with Gasteiger partial charge in [-0.1, -0.05) is 12.1 Å². The van der Waals surface area contributed by atoms with E-state index in [1.807, 2.05) is 0 Å². The topological polar surface area (TPSA) is 99.2 Å². The molecule has 33 heavy (non-hydrogen) atoms. The Balaban J connectivity index is 1.77. The van der Waals surface area contributed by atoms with Crippen LogP contribution in [0.5, 0.6) is 5.88 Å². The summed E-state index contributed by atoms with van der Waals surface area (Å²) in [6.45, 7) is 2.58. The maximum absolute atomic E-state index is 13.8. The highest BCUT2D eigenvalue weighted by Crippen LogP contribution is 2.21. The summed E-state index contributed by atoms with van der Waals surface area (Å²) >= 11 is 3.21. The Kier molecular flexibility index (Phi) is 8.29. The first kappa shape index (κ1) is 24.5. The average molecular weight is 521 g/mol. The molecule has 0 saturated carbocycles. The molecule has 0 aliphatic heterocycles. The molecule has 3 N–H and O–H groups in total.